The molecule has 5 nitrogen and oxygen atoms in total. The fourth-order valence-electron chi connectivity index (χ4n) is 3.88. The van der Waals surface area contributed by atoms with E-state index < -0.39 is 5.82 Å². The van der Waals surface area contributed by atoms with E-state index >= 15 is 0 Å². The SMILES string of the molecule is Cc1cc(C(=O)C[NH+]2CCC(C(N)=O)CC2)c(C)n1-c1ccc(F)c(Cl)c1. The maximum absolute atomic E-state index is 13.5. The Morgan fingerprint density at radius 3 is 2.52 bits per heavy atom. The fourth-order valence-corrected chi connectivity index (χ4v) is 4.05. The number of Topliss-reactive ketones (excluding diaryl/α,β-unsaturated/α-hetero) is 1. The highest BCUT2D eigenvalue weighted by Crippen LogP contribution is 2.24. The summed E-state index contributed by atoms with van der Waals surface area (Å²) < 4.78 is 15.4. The lowest BCUT2D eigenvalue weighted by Gasteiger charge is -2.27. The summed E-state index contributed by atoms with van der Waals surface area (Å²) >= 11 is 5.91. The smallest absolute Gasteiger partial charge is 0.220 e. The summed E-state index contributed by atoms with van der Waals surface area (Å²) in [7, 11) is 0. The number of hydrogen-bond acceptors (Lipinski definition) is 2. The van der Waals surface area contributed by atoms with Crippen molar-refractivity contribution < 1.29 is 18.9 Å². The van der Waals surface area contributed by atoms with Gasteiger partial charge in [-0.05, 0) is 38.1 Å². The summed E-state index contributed by atoms with van der Waals surface area (Å²) in [6, 6.07) is 6.40. The molecule has 1 saturated heterocycles. The van der Waals surface area contributed by atoms with Crippen molar-refractivity contribution in [1.82, 2.24) is 4.57 Å². The van der Waals surface area contributed by atoms with Crippen LogP contribution in [-0.2, 0) is 4.79 Å². The number of hydrogen-bond donors (Lipinski definition) is 2. The van der Waals surface area contributed by atoms with Gasteiger partial charge in [0.25, 0.3) is 0 Å². The molecule has 2 heterocycles. The molecule has 3 rings (SSSR count). The molecule has 0 radical (unpaired) electrons. The predicted molar refractivity (Wildman–Crippen MR) is 102 cm³/mol. The number of halogens is 2. The van der Waals surface area contributed by atoms with Crippen LogP contribution in [0.1, 0.15) is 34.6 Å². The van der Waals surface area contributed by atoms with E-state index in [1.807, 2.05) is 24.5 Å². The number of piperidine rings is 1. The van der Waals surface area contributed by atoms with Gasteiger partial charge >= 0.3 is 0 Å². The Kier molecular flexibility index (Phi) is 5.67. The number of rotatable bonds is 5. The molecule has 27 heavy (non-hydrogen) atoms. The van der Waals surface area contributed by atoms with Crippen molar-refractivity contribution in [3.8, 4) is 5.69 Å². The van der Waals surface area contributed by atoms with Crippen molar-refractivity contribution in [3.05, 3.63) is 52.1 Å². The van der Waals surface area contributed by atoms with Crippen molar-refractivity contribution >= 4 is 23.3 Å². The van der Waals surface area contributed by atoms with Crippen LogP contribution in [0.5, 0.6) is 0 Å². The van der Waals surface area contributed by atoms with Crippen LogP contribution in [0.4, 0.5) is 4.39 Å². The van der Waals surface area contributed by atoms with Crippen molar-refractivity contribution in [2.45, 2.75) is 26.7 Å². The number of benzene rings is 1. The Labute approximate surface area is 162 Å². The van der Waals surface area contributed by atoms with Gasteiger partial charge in [0.1, 0.15) is 12.4 Å². The molecule has 0 saturated carbocycles. The van der Waals surface area contributed by atoms with Gasteiger partial charge in [-0.2, -0.15) is 0 Å². The molecule has 0 bridgehead atoms. The molecule has 7 heteroatoms. The van der Waals surface area contributed by atoms with E-state index in [1.54, 1.807) is 12.1 Å². The number of nitrogens with one attached hydrogen (secondary N) is 1. The van der Waals surface area contributed by atoms with Crippen LogP contribution in [0, 0.1) is 25.6 Å². The number of amides is 1. The molecule has 0 atom stereocenters. The summed E-state index contributed by atoms with van der Waals surface area (Å²) in [6.07, 6.45) is 1.45. The number of carbonyl (C=O) groups excluding carboxylic acids is 2. The molecular weight excluding hydrogens is 369 g/mol. The number of aryl methyl sites for hydroxylation is 1. The standard InChI is InChI=1S/C20H23ClFN3O2/c1-12-9-16(13(2)25(12)15-3-4-18(22)17(21)10-15)19(26)11-24-7-5-14(6-8-24)20(23)27/h3-4,9-10,14H,5-8,11H2,1-2H3,(H2,23,27)/p+1. The second-order valence-electron chi connectivity index (χ2n) is 7.25. The van der Waals surface area contributed by atoms with E-state index in [-0.39, 0.29) is 22.6 Å². The summed E-state index contributed by atoms with van der Waals surface area (Å²) in [4.78, 5) is 25.3. The molecule has 1 aliphatic heterocycles. The highest BCUT2D eigenvalue weighted by atomic mass is 35.5. The summed E-state index contributed by atoms with van der Waals surface area (Å²) in [5.41, 5.74) is 8.46. The lowest BCUT2D eigenvalue weighted by Crippen LogP contribution is -3.14. The minimum Gasteiger partial charge on any atom is -0.369 e. The molecule has 1 aromatic heterocycles. The first-order valence-corrected chi connectivity index (χ1v) is 9.46. The molecule has 1 aromatic carbocycles. The number of aromatic nitrogens is 1. The lowest BCUT2D eigenvalue weighted by molar-refractivity contribution is -0.897. The van der Waals surface area contributed by atoms with Crippen molar-refractivity contribution in [2.75, 3.05) is 19.6 Å². The van der Waals surface area contributed by atoms with Gasteiger partial charge in [-0.1, -0.05) is 11.6 Å². The van der Waals surface area contributed by atoms with E-state index in [1.165, 1.54) is 11.0 Å². The van der Waals surface area contributed by atoms with E-state index in [0.29, 0.717) is 12.1 Å². The van der Waals surface area contributed by atoms with Gasteiger partial charge in [-0.3, -0.25) is 9.59 Å². The van der Waals surface area contributed by atoms with Crippen LogP contribution in [0.25, 0.3) is 5.69 Å². The van der Waals surface area contributed by atoms with Gasteiger partial charge in [0.2, 0.25) is 11.7 Å². The molecule has 1 fully saturated rings. The van der Waals surface area contributed by atoms with Crippen LogP contribution in [-0.4, -0.2) is 35.9 Å². The van der Waals surface area contributed by atoms with Crippen molar-refractivity contribution in [3.63, 3.8) is 0 Å². The quantitative estimate of drug-likeness (QED) is 0.762. The zero-order valence-corrected chi connectivity index (χ0v) is 16.3. The molecule has 0 aliphatic carbocycles. The highest BCUT2D eigenvalue weighted by molar-refractivity contribution is 6.30. The average Bonchev–Trinajstić information content (AvgIpc) is 2.92. The third-order valence-electron chi connectivity index (χ3n) is 5.40. The molecule has 3 N–H and O–H groups in total. The molecule has 0 spiro atoms. The Balaban J connectivity index is 1.77. The minimum atomic E-state index is -0.470. The topological polar surface area (TPSA) is 69.5 Å². The van der Waals surface area contributed by atoms with Crippen LogP contribution >= 0.6 is 11.6 Å². The third kappa shape index (κ3) is 4.06. The summed E-state index contributed by atoms with van der Waals surface area (Å²) in [5, 5.41) is 0.0506. The van der Waals surface area contributed by atoms with Gasteiger partial charge in [-0.25, -0.2) is 4.39 Å². The molecule has 2 aromatic rings. The van der Waals surface area contributed by atoms with Gasteiger partial charge < -0.3 is 15.2 Å². The van der Waals surface area contributed by atoms with E-state index in [0.717, 1.165) is 43.0 Å². The van der Waals surface area contributed by atoms with Crippen molar-refractivity contribution in [2.24, 2.45) is 11.7 Å². The van der Waals surface area contributed by atoms with Crippen LogP contribution < -0.4 is 10.6 Å². The summed E-state index contributed by atoms with van der Waals surface area (Å²) in [6.45, 7) is 5.72. The second-order valence-corrected chi connectivity index (χ2v) is 7.65. The number of carbonyl (C=O) groups is 2. The van der Waals surface area contributed by atoms with E-state index in [2.05, 4.69) is 0 Å². The minimum absolute atomic E-state index is 0.0506. The zero-order valence-electron chi connectivity index (χ0n) is 15.5. The van der Waals surface area contributed by atoms with Gasteiger partial charge in [0.05, 0.1) is 18.1 Å². The number of nitrogens with zero attached hydrogens (tertiary/aromatic N) is 1. The van der Waals surface area contributed by atoms with Crippen LogP contribution in [0.3, 0.4) is 0 Å². The Hall–Kier alpha value is -2.18. The fraction of sp³-hybridized carbons (Fsp3) is 0.400. The van der Waals surface area contributed by atoms with Crippen LogP contribution in [0.15, 0.2) is 24.3 Å². The molecule has 1 amide bonds. The van der Waals surface area contributed by atoms with Crippen LogP contribution in [0.2, 0.25) is 5.02 Å². The maximum atomic E-state index is 13.5. The molecule has 1 aliphatic rings. The van der Waals surface area contributed by atoms with E-state index in [9.17, 15) is 14.0 Å². The average molecular weight is 393 g/mol. The number of likely N-dealkylation sites (tertiary alicyclic amines) is 1. The lowest BCUT2D eigenvalue weighted by atomic mass is 9.96. The van der Waals surface area contributed by atoms with Crippen molar-refractivity contribution in [1.29, 1.82) is 0 Å². The first kappa shape index (κ1) is 19.6. The third-order valence-corrected chi connectivity index (χ3v) is 5.69. The molecule has 144 valence electrons. The second kappa shape index (κ2) is 7.82. The number of ketones is 1. The van der Waals surface area contributed by atoms with Gasteiger partial charge in [0.15, 0.2) is 0 Å². The normalized spacial score (nSPS) is 19.9. The van der Waals surface area contributed by atoms with E-state index in [4.69, 9.17) is 17.3 Å². The molecule has 0 unspecified atom stereocenters. The highest BCUT2D eigenvalue weighted by Gasteiger charge is 2.28. The Morgan fingerprint density at radius 2 is 1.93 bits per heavy atom. The molecular formula is C20H24ClFN3O2+. The monoisotopic (exact) mass is 392 g/mol. The summed E-state index contributed by atoms with van der Waals surface area (Å²) in [5.74, 6) is -0.726. The number of quaternary nitrogens is 1. The Bertz CT molecular complexity index is 886. The Morgan fingerprint density at radius 1 is 1.26 bits per heavy atom. The first-order chi connectivity index (χ1) is 12.8. The zero-order chi connectivity index (χ0) is 19.7. The largest absolute Gasteiger partial charge is 0.369 e. The first-order valence-electron chi connectivity index (χ1n) is 9.08. The predicted octanol–water partition coefficient (Wildman–Crippen LogP) is 1.85. The van der Waals surface area contributed by atoms with Gasteiger partial charge in [-0.15, -0.1) is 0 Å². The maximum Gasteiger partial charge on any atom is 0.220 e. The number of nitrogens with two attached hydrogens (primary N) is 1. The van der Waals surface area contributed by atoms with Gasteiger partial charge in [0, 0.05) is 41.4 Å². The number of primary amides is 1.